The number of halogens is 1. The Morgan fingerprint density at radius 1 is 1.35 bits per heavy atom. The predicted octanol–water partition coefficient (Wildman–Crippen LogP) is 3.91. The van der Waals surface area contributed by atoms with E-state index in [0.717, 1.165) is 36.2 Å². The van der Waals surface area contributed by atoms with Crippen LogP contribution in [0.15, 0.2) is 15.9 Å². The van der Waals surface area contributed by atoms with Gasteiger partial charge in [0.25, 0.3) is 0 Å². The Kier molecular flexibility index (Phi) is 5.81. The maximum absolute atomic E-state index is 4.69. The number of aromatic nitrogens is 2. The van der Waals surface area contributed by atoms with E-state index in [-0.39, 0.29) is 0 Å². The lowest BCUT2D eigenvalue weighted by molar-refractivity contribution is 0.657. The van der Waals surface area contributed by atoms with Gasteiger partial charge in [0, 0.05) is 20.4 Å². The molecule has 0 saturated carbocycles. The lowest BCUT2D eigenvalue weighted by Gasteiger charge is -2.05. The number of hydrogen-bond acceptors (Lipinski definition) is 3. The fourth-order valence-electron chi connectivity index (χ4n) is 2.35. The highest BCUT2D eigenvalue weighted by Gasteiger charge is 2.12. The van der Waals surface area contributed by atoms with Gasteiger partial charge in [-0.1, -0.05) is 6.92 Å². The first-order valence-electron chi connectivity index (χ1n) is 7.08. The molecule has 5 heteroatoms. The largest absolute Gasteiger partial charge is 0.316 e. The van der Waals surface area contributed by atoms with E-state index in [4.69, 9.17) is 5.10 Å². The third kappa shape index (κ3) is 3.93. The van der Waals surface area contributed by atoms with Gasteiger partial charge in [0.15, 0.2) is 0 Å². The van der Waals surface area contributed by atoms with Crippen LogP contribution in [-0.4, -0.2) is 22.9 Å². The van der Waals surface area contributed by atoms with E-state index < -0.39 is 0 Å². The average Bonchev–Trinajstić information content (AvgIpc) is 2.93. The molecule has 0 bridgehead atoms. The number of thiophene rings is 1. The van der Waals surface area contributed by atoms with Crippen LogP contribution in [-0.2, 0) is 13.0 Å². The van der Waals surface area contributed by atoms with Crippen molar-refractivity contribution in [2.45, 2.75) is 40.2 Å². The minimum Gasteiger partial charge on any atom is -0.316 e. The van der Waals surface area contributed by atoms with Crippen LogP contribution in [0.2, 0.25) is 0 Å². The van der Waals surface area contributed by atoms with Crippen LogP contribution in [0.4, 0.5) is 0 Å². The van der Waals surface area contributed by atoms with Crippen molar-refractivity contribution < 1.29 is 0 Å². The summed E-state index contributed by atoms with van der Waals surface area (Å²) in [6.07, 6.45) is 2.25. The zero-order valence-corrected chi connectivity index (χ0v) is 14.8. The van der Waals surface area contributed by atoms with Crippen molar-refractivity contribution in [3.05, 3.63) is 37.7 Å². The van der Waals surface area contributed by atoms with E-state index in [1.807, 2.05) is 0 Å². The van der Waals surface area contributed by atoms with Gasteiger partial charge in [-0.05, 0) is 67.3 Å². The van der Waals surface area contributed by atoms with Crippen LogP contribution in [0.1, 0.15) is 35.2 Å². The van der Waals surface area contributed by atoms with E-state index in [0.29, 0.717) is 0 Å². The highest BCUT2D eigenvalue weighted by atomic mass is 79.9. The summed E-state index contributed by atoms with van der Waals surface area (Å²) < 4.78 is 3.28. The standard InChI is InChI=1S/C15H22BrN3S/c1-4-6-17-7-5-15-11(2)18-19(12(15)3)9-14-8-13(16)10-20-14/h8,10,17H,4-7,9H2,1-3H3. The lowest BCUT2D eigenvalue weighted by atomic mass is 10.1. The minimum absolute atomic E-state index is 0.866. The topological polar surface area (TPSA) is 29.9 Å². The van der Waals surface area contributed by atoms with Gasteiger partial charge in [0.05, 0.1) is 12.2 Å². The smallest absolute Gasteiger partial charge is 0.0755 e. The molecule has 0 aromatic carbocycles. The van der Waals surface area contributed by atoms with Crippen LogP contribution >= 0.6 is 27.3 Å². The third-order valence-corrected chi connectivity index (χ3v) is 5.12. The minimum atomic E-state index is 0.866. The van der Waals surface area contributed by atoms with Gasteiger partial charge in [-0.2, -0.15) is 5.10 Å². The number of aryl methyl sites for hydroxylation is 1. The van der Waals surface area contributed by atoms with Crippen molar-refractivity contribution in [3.63, 3.8) is 0 Å². The Labute approximate surface area is 133 Å². The van der Waals surface area contributed by atoms with Crippen LogP contribution in [0, 0.1) is 13.8 Å². The Bertz CT molecular complexity index is 559. The SMILES string of the molecule is CCCNCCc1c(C)nn(Cc2cc(Br)cs2)c1C. The van der Waals surface area contributed by atoms with Crippen LogP contribution in [0.5, 0.6) is 0 Å². The molecule has 20 heavy (non-hydrogen) atoms. The lowest BCUT2D eigenvalue weighted by Crippen LogP contribution is -2.18. The van der Waals surface area contributed by atoms with Gasteiger partial charge in [-0.25, -0.2) is 0 Å². The summed E-state index contributed by atoms with van der Waals surface area (Å²) in [6, 6.07) is 2.17. The number of nitrogens with one attached hydrogen (secondary N) is 1. The van der Waals surface area contributed by atoms with Gasteiger partial charge in [0.2, 0.25) is 0 Å². The molecule has 2 rings (SSSR count). The Hall–Kier alpha value is -0.650. The van der Waals surface area contributed by atoms with Crippen molar-refractivity contribution in [3.8, 4) is 0 Å². The summed E-state index contributed by atoms with van der Waals surface area (Å²) in [6.45, 7) is 9.48. The maximum atomic E-state index is 4.69. The van der Waals surface area contributed by atoms with E-state index >= 15 is 0 Å². The molecule has 0 radical (unpaired) electrons. The first-order chi connectivity index (χ1) is 9.61. The molecular weight excluding hydrogens is 334 g/mol. The molecule has 0 aliphatic carbocycles. The monoisotopic (exact) mass is 355 g/mol. The fourth-order valence-corrected chi connectivity index (χ4v) is 3.78. The van der Waals surface area contributed by atoms with Crippen LogP contribution < -0.4 is 5.32 Å². The van der Waals surface area contributed by atoms with E-state index in [2.05, 4.69) is 58.1 Å². The summed E-state index contributed by atoms with van der Waals surface area (Å²) in [5.74, 6) is 0. The normalized spacial score (nSPS) is 11.2. The predicted molar refractivity (Wildman–Crippen MR) is 89.7 cm³/mol. The molecule has 0 fully saturated rings. The zero-order chi connectivity index (χ0) is 14.5. The molecule has 0 aliphatic rings. The second-order valence-electron chi connectivity index (χ2n) is 5.04. The summed E-state index contributed by atoms with van der Waals surface area (Å²) in [7, 11) is 0. The number of nitrogens with zero attached hydrogens (tertiary/aromatic N) is 2. The summed E-state index contributed by atoms with van der Waals surface area (Å²) in [5.41, 5.74) is 3.85. The third-order valence-electron chi connectivity index (χ3n) is 3.44. The van der Waals surface area contributed by atoms with Crippen molar-refractivity contribution in [1.29, 1.82) is 0 Å². The van der Waals surface area contributed by atoms with Gasteiger partial charge in [-0.3, -0.25) is 4.68 Å². The zero-order valence-electron chi connectivity index (χ0n) is 12.4. The van der Waals surface area contributed by atoms with Gasteiger partial charge in [0.1, 0.15) is 0 Å². The molecule has 0 aliphatic heterocycles. The highest BCUT2D eigenvalue weighted by Crippen LogP contribution is 2.22. The fraction of sp³-hybridized carbons (Fsp3) is 0.533. The van der Waals surface area contributed by atoms with E-state index in [1.54, 1.807) is 11.3 Å². The molecule has 0 atom stereocenters. The molecular formula is C15H22BrN3S. The van der Waals surface area contributed by atoms with Gasteiger partial charge < -0.3 is 5.32 Å². The summed E-state index contributed by atoms with van der Waals surface area (Å²) >= 11 is 5.28. The highest BCUT2D eigenvalue weighted by molar-refractivity contribution is 9.10. The first kappa shape index (κ1) is 15.7. The molecule has 0 amide bonds. The molecule has 0 saturated heterocycles. The molecule has 2 heterocycles. The van der Waals surface area contributed by atoms with Crippen molar-refractivity contribution in [1.82, 2.24) is 15.1 Å². The second kappa shape index (κ2) is 7.38. The van der Waals surface area contributed by atoms with E-state index in [9.17, 15) is 0 Å². The Morgan fingerprint density at radius 3 is 2.80 bits per heavy atom. The molecule has 3 nitrogen and oxygen atoms in total. The summed E-state index contributed by atoms with van der Waals surface area (Å²) in [4.78, 5) is 1.33. The average molecular weight is 356 g/mol. The van der Waals surface area contributed by atoms with Gasteiger partial charge in [-0.15, -0.1) is 11.3 Å². The Balaban J connectivity index is 2.04. The van der Waals surface area contributed by atoms with Crippen LogP contribution in [0.25, 0.3) is 0 Å². The van der Waals surface area contributed by atoms with E-state index in [1.165, 1.54) is 22.6 Å². The molecule has 110 valence electrons. The first-order valence-corrected chi connectivity index (χ1v) is 8.75. The number of rotatable bonds is 7. The van der Waals surface area contributed by atoms with Crippen molar-refractivity contribution in [2.75, 3.05) is 13.1 Å². The molecule has 1 N–H and O–H groups in total. The number of hydrogen-bond donors (Lipinski definition) is 1. The quantitative estimate of drug-likeness (QED) is 0.763. The van der Waals surface area contributed by atoms with Crippen LogP contribution in [0.3, 0.4) is 0 Å². The van der Waals surface area contributed by atoms with Gasteiger partial charge >= 0.3 is 0 Å². The van der Waals surface area contributed by atoms with Crippen molar-refractivity contribution >= 4 is 27.3 Å². The second-order valence-corrected chi connectivity index (χ2v) is 6.95. The molecule has 2 aromatic rings. The van der Waals surface area contributed by atoms with Crippen molar-refractivity contribution in [2.24, 2.45) is 0 Å². The molecule has 0 unspecified atom stereocenters. The summed E-state index contributed by atoms with van der Waals surface area (Å²) in [5, 5.41) is 10.3. The molecule has 0 spiro atoms. The maximum Gasteiger partial charge on any atom is 0.0755 e. The Morgan fingerprint density at radius 2 is 2.15 bits per heavy atom. The molecule has 2 aromatic heterocycles.